The van der Waals surface area contributed by atoms with Crippen LogP contribution in [0.15, 0.2) is 42.0 Å². The van der Waals surface area contributed by atoms with Crippen molar-refractivity contribution < 1.29 is 48.6 Å². The number of benzene rings is 2. The lowest BCUT2D eigenvalue weighted by molar-refractivity contribution is -0.148. The number of carbonyl (C=O) groups is 2. The third-order valence-corrected chi connectivity index (χ3v) is 8.74. The molecule has 246 valence electrons. The number of carbonyl (C=O) groups excluding carboxylic acids is 2. The predicted octanol–water partition coefficient (Wildman–Crippen LogP) is 1.98. The Morgan fingerprint density at radius 1 is 1.09 bits per heavy atom. The summed E-state index contributed by atoms with van der Waals surface area (Å²) in [5, 5.41) is 33.5. The normalized spacial score (nSPS) is 21.1. The maximum atomic E-state index is 14.0. The van der Waals surface area contributed by atoms with Crippen molar-refractivity contribution in [2.45, 2.75) is 56.6 Å². The Labute approximate surface area is 276 Å². The summed E-state index contributed by atoms with van der Waals surface area (Å²) in [7, 11) is 4.61. The van der Waals surface area contributed by atoms with Crippen LogP contribution in [0.2, 0.25) is 0 Å². The molecule has 0 spiro atoms. The zero-order chi connectivity index (χ0) is 32.5. The van der Waals surface area contributed by atoms with E-state index >= 15 is 0 Å². The molecule has 0 bridgehead atoms. The number of nitrogens with one attached hydrogen (secondary N) is 1. The first-order chi connectivity index (χ1) is 21.7. The second-order valence-electron chi connectivity index (χ2n) is 10.7. The van der Waals surface area contributed by atoms with E-state index in [2.05, 4.69) is 27.9 Å². The number of nitrogens with zero attached hydrogens (tertiary/aromatic N) is 1. The molecule has 4 rings (SSSR count). The van der Waals surface area contributed by atoms with Crippen molar-refractivity contribution >= 4 is 34.4 Å². The number of ether oxygens (including phenoxy) is 5. The standard InChI is InChI=1S/C32H41IN2O10/c1-41-22-6-7-25(42-2)20(15-22)8-10-35(32(40)26-5-4-12-44-26)24-16-21(31(39)34-9-11-36)17-27(29(24)38)45-30-23(33)13-19(18-37)14-28(30)43-3/h6-7,13-15,17,24,26-27,29,36-38H,4-5,8-12,16,18H2,1-3H3,(H,34,39)/t24-,26?,27+,29+/m1/s1. The summed E-state index contributed by atoms with van der Waals surface area (Å²) in [5.74, 6) is 1.21. The lowest BCUT2D eigenvalue weighted by atomic mass is 9.87. The summed E-state index contributed by atoms with van der Waals surface area (Å²) < 4.78 is 29.2. The Hall–Kier alpha value is -3.11. The molecule has 1 heterocycles. The van der Waals surface area contributed by atoms with Crippen LogP contribution >= 0.6 is 22.6 Å². The summed E-state index contributed by atoms with van der Waals surface area (Å²) in [4.78, 5) is 28.8. The van der Waals surface area contributed by atoms with Crippen LogP contribution in [-0.2, 0) is 27.4 Å². The van der Waals surface area contributed by atoms with E-state index in [9.17, 15) is 24.9 Å². The minimum Gasteiger partial charge on any atom is -0.497 e. The van der Waals surface area contributed by atoms with Crippen molar-refractivity contribution in [1.29, 1.82) is 0 Å². The fourth-order valence-corrected chi connectivity index (χ4v) is 6.40. The molecule has 4 N–H and O–H groups in total. The van der Waals surface area contributed by atoms with Crippen molar-refractivity contribution in [2.24, 2.45) is 0 Å². The molecule has 0 saturated carbocycles. The fourth-order valence-electron chi connectivity index (χ4n) is 5.61. The van der Waals surface area contributed by atoms with Crippen LogP contribution in [0.3, 0.4) is 0 Å². The molecule has 45 heavy (non-hydrogen) atoms. The number of aliphatic hydroxyl groups excluding tert-OH is 3. The van der Waals surface area contributed by atoms with E-state index in [1.807, 2.05) is 6.07 Å². The molecule has 0 aromatic heterocycles. The van der Waals surface area contributed by atoms with E-state index in [-0.39, 0.29) is 38.6 Å². The van der Waals surface area contributed by atoms with E-state index in [1.165, 1.54) is 7.11 Å². The third-order valence-electron chi connectivity index (χ3n) is 7.94. The van der Waals surface area contributed by atoms with Gasteiger partial charge in [0.2, 0.25) is 5.91 Å². The molecule has 1 fully saturated rings. The molecule has 0 radical (unpaired) electrons. The number of rotatable bonds is 14. The predicted molar refractivity (Wildman–Crippen MR) is 173 cm³/mol. The van der Waals surface area contributed by atoms with Gasteiger partial charge in [0, 0.05) is 31.7 Å². The average Bonchev–Trinajstić information content (AvgIpc) is 3.60. The maximum absolute atomic E-state index is 14.0. The summed E-state index contributed by atoms with van der Waals surface area (Å²) in [6, 6.07) is 7.94. The van der Waals surface area contributed by atoms with E-state index < -0.39 is 30.3 Å². The van der Waals surface area contributed by atoms with E-state index in [0.29, 0.717) is 57.2 Å². The van der Waals surface area contributed by atoms with Crippen molar-refractivity contribution in [3.05, 3.63) is 56.7 Å². The number of methoxy groups -OCH3 is 3. The number of hydrogen-bond donors (Lipinski definition) is 4. The number of aliphatic hydroxyl groups is 3. The Morgan fingerprint density at radius 2 is 1.87 bits per heavy atom. The fraction of sp³-hybridized carbons (Fsp3) is 0.500. The zero-order valence-corrected chi connectivity index (χ0v) is 27.8. The summed E-state index contributed by atoms with van der Waals surface area (Å²) in [6.45, 7) is 0.243. The van der Waals surface area contributed by atoms with Gasteiger partial charge in [-0.2, -0.15) is 0 Å². The van der Waals surface area contributed by atoms with Gasteiger partial charge in [0.15, 0.2) is 11.5 Å². The van der Waals surface area contributed by atoms with Crippen LogP contribution in [-0.4, -0.2) is 104 Å². The highest BCUT2D eigenvalue weighted by Crippen LogP contribution is 2.37. The Kier molecular flexibility index (Phi) is 12.7. The smallest absolute Gasteiger partial charge is 0.252 e. The Bertz CT molecular complexity index is 1360. The van der Waals surface area contributed by atoms with Crippen LogP contribution in [0.4, 0.5) is 0 Å². The van der Waals surface area contributed by atoms with Gasteiger partial charge in [0.25, 0.3) is 5.91 Å². The second-order valence-corrected chi connectivity index (χ2v) is 11.9. The van der Waals surface area contributed by atoms with Gasteiger partial charge >= 0.3 is 0 Å². The second kappa shape index (κ2) is 16.5. The molecule has 13 heteroatoms. The molecule has 2 aromatic carbocycles. The Balaban J connectivity index is 1.72. The summed E-state index contributed by atoms with van der Waals surface area (Å²) in [5.41, 5.74) is 1.72. The number of halogens is 1. The summed E-state index contributed by atoms with van der Waals surface area (Å²) >= 11 is 2.06. The largest absolute Gasteiger partial charge is 0.497 e. The van der Waals surface area contributed by atoms with Crippen LogP contribution < -0.4 is 24.3 Å². The SMILES string of the molecule is COc1ccc(OC)c(CCN(C(=O)C2CCCO2)[C@@H]2CC(C(=O)NCCO)=C[C@H](Oc3c(I)cc(CO)cc3OC)[C@H]2O)c1. The Morgan fingerprint density at radius 3 is 2.51 bits per heavy atom. The van der Waals surface area contributed by atoms with Crippen LogP contribution in [0.25, 0.3) is 0 Å². The van der Waals surface area contributed by atoms with E-state index in [4.69, 9.17) is 23.7 Å². The molecular weight excluding hydrogens is 699 g/mol. The highest BCUT2D eigenvalue weighted by Gasteiger charge is 2.43. The van der Waals surface area contributed by atoms with Gasteiger partial charge in [-0.25, -0.2) is 0 Å². The van der Waals surface area contributed by atoms with Gasteiger partial charge in [-0.3, -0.25) is 9.59 Å². The molecule has 12 nitrogen and oxygen atoms in total. The minimum absolute atomic E-state index is 0.0391. The molecule has 1 aliphatic carbocycles. The van der Waals surface area contributed by atoms with Gasteiger partial charge in [-0.1, -0.05) is 0 Å². The molecule has 1 unspecified atom stereocenters. The molecule has 4 atom stereocenters. The van der Waals surface area contributed by atoms with Crippen molar-refractivity contribution in [3.63, 3.8) is 0 Å². The highest BCUT2D eigenvalue weighted by atomic mass is 127. The van der Waals surface area contributed by atoms with E-state index in [1.54, 1.807) is 49.5 Å². The molecule has 1 saturated heterocycles. The first kappa shape index (κ1) is 34.8. The number of hydrogen-bond acceptors (Lipinski definition) is 10. The first-order valence-electron chi connectivity index (χ1n) is 14.8. The topological polar surface area (TPSA) is 156 Å². The number of amides is 2. The van der Waals surface area contributed by atoms with Crippen molar-refractivity contribution in [3.8, 4) is 23.0 Å². The van der Waals surface area contributed by atoms with Crippen LogP contribution in [0.1, 0.15) is 30.4 Å². The zero-order valence-electron chi connectivity index (χ0n) is 25.7. The van der Waals surface area contributed by atoms with Gasteiger partial charge in [-0.05, 0) is 89.4 Å². The monoisotopic (exact) mass is 740 g/mol. The van der Waals surface area contributed by atoms with Crippen LogP contribution in [0, 0.1) is 3.57 Å². The van der Waals surface area contributed by atoms with Gasteiger partial charge < -0.3 is 49.2 Å². The van der Waals surface area contributed by atoms with Gasteiger partial charge in [0.05, 0.1) is 44.2 Å². The maximum Gasteiger partial charge on any atom is 0.252 e. The molecule has 2 aromatic rings. The first-order valence-corrected chi connectivity index (χ1v) is 15.9. The average molecular weight is 741 g/mol. The molecule has 2 aliphatic rings. The van der Waals surface area contributed by atoms with Crippen molar-refractivity contribution in [2.75, 3.05) is 47.6 Å². The lowest BCUT2D eigenvalue weighted by Gasteiger charge is -2.41. The quantitative estimate of drug-likeness (QED) is 0.212. The molecule has 1 aliphatic heterocycles. The van der Waals surface area contributed by atoms with E-state index in [0.717, 1.165) is 12.0 Å². The van der Waals surface area contributed by atoms with Gasteiger partial charge in [-0.15, -0.1) is 0 Å². The van der Waals surface area contributed by atoms with Crippen LogP contribution in [0.5, 0.6) is 23.0 Å². The van der Waals surface area contributed by atoms with Gasteiger partial charge in [0.1, 0.15) is 29.8 Å². The third kappa shape index (κ3) is 8.38. The summed E-state index contributed by atoms with van der Waals surface area (Å²) in [6.07, 6.45) is 0.289. The molecule has 2 amide bonds. The molecular formula is C32H41IN2O10. The highest BCUT2D eigenvalue weighted by molar-refractivity contribution is 14.1. The van der Waals surface area contributed by atoms with Crippen molar-refractivity contribution in [1.82, 2.24) is 10.2 Å². The minimum atomic E-state index is -1.24. The lowest BCUT2D eigenvalue weighted by Crippen LogP contribution is -2.57.